The van der Waals surface area contributed by atoms with Crippen molar-refractivity contribution in [3.63, 3.8) is 0 Å². The van der Waals surface area contributed by atoms with E-state index in [0.717, 1.165) is 21.2 Å². The van der Waals surface area contributed by atoms with Gasteiger partial charge in [0.05, 0.1) is 11.3 Å². The number of imide groups is 2. The average molecular weight is 536 g/mol. The van der Waals surface area contributed by atoms with E-state index in [4.69, 9.17) is 19.3 Å². The minimum absolute atomic E-state index is 0.0239. The van der Waals surface area contributed by atoms with Gasteiger partial charge >= 0.3 is 12.0 Å². The third-order valence-electron chi connectivity index (χ3n) is 6.53. The number of hydrogen-bond donors (Lipinski definition) is 2. The number of barbiturate groups is 1. The highest BCUT2D eigenvalue weighted by atomic mass is 16.7. The van der Waals surface area contributed by atoms with Crippen molar-refractivity contribution in [2.24, 2.45) is 0 Å². The maximum Gasteiger partial charge on any atom is 0.335 e. The van der Waals surface area contributed by atoms with Gasteiger partial charge in [-0.15, -0.1) is 0 Å². The third-order valence-corrected chi connectivity index (χ3v) is 6.53. The van der Waals surface area contributed by atoms with Crippen molar-refractivity contribution in [3.8, 4) is 17.2 Å². The SMILES string of the molecule is O=C1NC(=O)N(c2ccc3c(c2)OCO3)C(=O)/C1=C/c1c(OCc2ccc(C(=O)O)cc2)ccc2ccccc12. The summed E-state index contributed by atoms with van der Waals surface area (Å²) in [5.74, 6) is -1.43. The normalized spacial score (nSPS) is 15.4. The number of hydrogen-bond acceptors (Lipinski definition) is 7. The molecule has 0 radical (unpaired) electrons. The highest BCUT2D eigenvalue weighted by Gasteiger charge is 2.37. The number of carbonyl (C=O) groups excluding carboxylic acids is 3. The molecule has 2 heterocycles. The molecule has 2 aliphatic rings. The van der Waals surface area contributed by atoms with Crippen LogP contribution in [0.2, 0.25) is 0 Å². The van der Waals surface area contributed by atoms with Gasteiger partial charge in [-0.1, -0.05) is 42.5 Å². The summed E-state index contributed by atoms with van der Waals surface area (Å²) in [7, 11) is 0. The number of amides is 4. The molecule has 0 saturated carbocycles. The van der Waals surface area contributed by atoms with E-state index in [1.165, 1.54) is 30.3 Å². The van der Waals surface area contributed by atoms with E-state index < -0.39 is 23.8 Å². The summed E-state index contributed by atoms with van der Waals surface area (Å²) in [6.07, 6.45) is 1.41. The molecule has 10 heteroatoms. The summed E-state index contributed by atoms with van der Waals surface area (Å²) in [5.41, 5.74) is 1.30. The van der Waals surface area contributed by atoms with Crippen molar-refractivity contribution < 1.29 is 38.5 Å². The lowest BCUT2D eigenvalue weighted by atomic mass is 9.99. The van der Waals surface area contributed by atoms with Crippen LogP contribution in [0.25, 0.3) is 16.8 Å². The fraction of sp³-hybridized carbons (Fsp3) is 0.0667. The molecule has 0 unspecified atom stereocenters. The van der Waals surface area contributed by atoms with E-state index in [-0.39, 0.29) is 30.2 Å². The van der Waals surface area contributed by atoms with Gasteiger partial charge in [0.1, 0.15) is 17.9 Å². The second kappa shape index (κ2) is 9.91. The van der Waals surface area contributed by atoms with Gasteiger partial charge in [-0.05, 0) is 52.7 Å². The maximum absolute atomic E-state index is 13.6. The number of ether oxygens (including phenoxy) is 3. The van der Waals surface area contributed by atoms with E-state index in [1.54, 1.807) is 24.3 Å². The number of carboxylic acids is 1. The largest absolute Gasteiger partial charge is 0.488 e. The second-order valence-electron chi connectivity index (χ2n) is 8.98. The number of anilines is 1. The molecule has 2 aliphatic heterocycles. The van der Waals surface area contributed by atoms with Gasteiger partial charge < -0.3 is 19.3 Å². The van der Waals surface area contributed by atoms with Crippen LogP contribution in [-0.2, 0) is 16.2 Å². The molecular formula is C30H20N2O8. The first-order valence-corrected chi connectivity index (χ1v) is 12.2. The Hall–Kier alpha value is -5.64. The summed E-state index contributed by atoms with van der Waals surface area (Å²) >= 11 is 0. The Morgan fingerprint density at radius 1 is 0.950 bits per heavy atom. The number of carbonyl (C=O) groups is 4. The molecule has 0 aliphatic carbocycles. The molecule has 0 spiro atoms. The summed E-state index contributed by atoms with van der Waals surface area (Å²) in [6.45, 7) is 0.131. The van der Waals surface area contributed by atoms with E-state index in [1.807, 2.05) is 30.3 Å². The Kier molecular flexibility index (Phi) is 6.12. The Bertz CT molecular complexity index is 1740. The van der Waals surface area contributed by atoms with Crippen molar-refractivity contribution in [1.82, 2.24) is 5.32 Å². The molecule has 2 N–H and O–H groups in total. The number of carboxylic acid groups (broad SMARTS) is 1. The lowest BCUT2D eigenvalue weighted by molar-refractivity contribution is -0.122. The van der Waals surface area contributed by atoms with Gasteiger partial charge in [0, 0.05) is 11.6 Å². The molecular weight excluding hydrogens is 516 g/mol. The molecule has 10 nitrogen and oxygen atoms in total. The van der Waals surface area contributed by atoms with Gasteiger partial charge in [-0.3, -0.25) is 14.9 Å². The van der Waals surface area contributed by atoms with E-state index in [2.05, 4.69) is 5.32 Å². The van der Waals surface area contributed by atoms with Crippen LogP contribution in [0.4, 0.5) is 10.5 Å². The molecule has 0 aromatic heterocycles. The molecule has 1 fully saturated rings. The van der Waals surface area contributed by atoms with Crippen molar-refractivity contribution in [2.45, 2.75) is 6.61 Å². The minimum Gasteiger partial charge on any atom is -0.488 e. The van der Waals surface area contributed by atoms with Crippen LogP contribution in [-0.4, -0.2) is 35.7 Å². The van der Waals surface area contributed by atoms with E-state index >= 15 is 0 Å². The smallest absolute Gasteiger partial charge is 0.335 e. The Morgan fingerprint density at radius 2 is 1.73 bits per heavy atom. The fourth-order valence-electron chi connectivity index (χ4n) is 4.52. The number of nitrogens with one attached hydrogen (secondary N) is 1. The summed E-state index contributed by atoms with van der Waals surface area (Å²) in [4.78, 5) is 51.2. The zero-order valence-corrected chi connectivity index (χ0v) is 20.7. The highest BCUT2D eigenvalue weighted by Crippen LogP contribution is 2.37. The van der Waals surface area contributed by atoms with Crippen LogP contribution in [0.5, 0.6) is 17.2 Å². The lowest BCUT2D eigenvalue weighted by Crippen LogP contribution is -2.54. The topological polar surface area (TPSA) is 131 Å². The van der Waals surface area contributed by atoms with E-state index in [9.17, 15) is 19.2 Å². The van der Waals surface area contributed by atoms with Gasteiger partial charge in [-0.2, -0.15) is 0 Å². The number of aromatic carboxylic acids is 1. The molecule has 4 aromatic rings. The van der Waals surface area contributed by atoms with E-state index in [0.29, 0.717) is 22.8 Å². The Balaban J connectivity index is 1.38. The van der Waals surface area contributed by atoms with Crippen molar-refractivity contribution in [1.29, 1.82) is 0 Å². The van der Waals surface area contributed by atoms with Gasteiger partial charge in [0.15, 0.2) is 11.5 Å². The zero-order chi connectivity index (χ0) is 27.8. The third kappa shape index (κ3) is 4.47. The number of benzene rings is 4. The number of rotatable bonds is 6. The van der Waals surface area contributed by atoms with Crippen LogP contribution >= 0.6 is 0 Å². The first kappa shape index (κ1) is 24.7. The van der Waals surface area contributed by atoms with Crippen LogP contribution in [0.1, 0.15) is 21.5 Å². The second-order valence-corrected chi connectivity index (χ2v) is 8.98. The molecule has 1 saturated heterocycles. The molecule has 0 bridgehead atoms. The van der Waals surface area contributed by atoms with Gasteiger partial charge in [0.25, 0.3) is 11.8 Å². The highest BCUT2D eigenvalue weighted by molar-refractivity contribution is 6.39. The van der Waals surface area contributed by atoms with Crippen LogP contribution < -0.4 is 24.4 Å². The lowest BCUT2D eigenvalue weighted by Gasteiger charge is -2.26. The molecule has 0 atom stereocenters. The average Bonchev–Trinajstić information content (AvgIpc) is 3.43. The summed E-state index contributed by atoms with van der Waals surface area (Å²) in [5, 5.41) is 12.9. The summed E-state index contributed by atoms with van der Waals surface area (Å²) < 4.78 is 16.8. The Morgan fingerprint density at radius 3 is 2.52 bits per heavy atom. The first-order chi connectivity index (χ1) is 19.4. The van der Waals surface area contributed by atoms with Gasteiger partial charge in [0.2, 0.25) is 6.79 Å². The zero-order valence-electron chi connectivity index (χ0n) is 20.7. The Labute approximate surface area is 227 Å². The van der Waals surface area contributed by atoms with Crippen molar-refractivity contribution >= 4 is 46.4 Å². The molecule has 6 rings (SSSR count). The molecule has 4 aromatic carbocycles. The van der Waals surface area contributed by atoms with Gasteiger partial charge in [-0.25, -0.2) is 14.5 Å². The fourth-order valence-corrected chi connectivity index (χ4v) is 4.52. The maximum atomic E-state index is 13.6. The first-order valence-electron chi connectivity index (χ1n) is 12.2. The predicted octanol–water partition coefficient (Wildman–Crippen LogP) is 4.51. The molecule has 198 valence electrons. The minimum atomic E-state index is -1.03. The number of nitrogens with zero attached hydrogens (tertiary/aromatic N) is 1. The van der Waals surface area contributed by atoms with Crippen LogP contribution in [0.3, 0.4) is 0 Å². The quantitative estimate of drug-likeness (QED) is 0.272. The van der Waals surface area contributed by atoms with Crippen LogP contribution in [0, 0.1) is 0 Å². The summed E-state index contributed by atoms with van der Waals surface area (Å²) in [6, 6.07) is 21.0. The molecule has 4 amide bonds. The number of fused-ring (bicyclic) bond motifs is 2. The molecule has 40 heavy (non-hydrogen) atoms. The monoisotopic (exact) mass is 536 g/mol. The predicted molar refractivity (Wildman–Crippen MR) is 143 cm³/mol. The van der Waals surface area contributed by atoms with Crippen molar-refractivity contribution in [2.75, 3.05) is 11.7 Å². The standard InChI is InChI=1S/C30H20N2O8/c33-27-23(28(34)32(30(37)31-27)20-10-12-25-26(13-20)40-16-39-25)14-22-21-4-2-1-3-18(21)9-11-24(22)38-15-17-5-7-19(8-6-17)29(35)36/h1-14H,15-16H2,(H,35,36)(H,31,33,37)/b23-14+. The van der Waals surface area contributed by atoms with Crippen LogP contribution in [0.15, 0.2) is 84.4 Å². The van der Waals surface area contributed by atoms with Crippen molar-refractivity contribution in [3.05, 3.63) is 101 Å². The number of urea groups is 1.